The Kier molecular flexibility index (Phi) is 7.85. The molecule has 0 N–H and O–H groups in total. The van der Waals surface area contributed by atoms with Gasteiger partial charge in [-0.1, -0.05) is 170 Å². The number of nitrogens with zero attached hydrogens (tertiary/aromatic N) is 1. The van der Waals surface area contributed by atoms with Gasteiger partial charge in [-0.05, 0) is 87.0 Å². The van der Waals surface area contributed by atoms with E-state index in [0.29, 0.717) is 0 Å². The molecule has 0 saturated heterocycles. The molecule has 254 valence electrons. The van der Waals surface area contributed by atoms with Crippen molar-refractivity contribution in [3.8, 4) is 44.5 Å². The molecule has 0 amide bonds. The van der Waals surface area contributed by atoms with Crippen molar-refractivity contribution in [1.29, 1.82) is 0 Å². The number of para-hydroxylation sites is 1. The van der Waals surface area contributed by atoms with Crippen LogP contribution in [0.4, 0.5) is 17.1 Å². The van der Waals surface area contributed by atoms with Crippen LogP contribution in [0.15, 0.2) is 217 Å². The fourth-order valence-corrected chi connectivity index (χ4v) is 7.87. The van der Waals surface area contributed by atoms with Crippen molar-refractivity contribution in [3.63, 3.8) is 0 Å². The first-order chi connectivity index (χ1) is 26.8. The van der Waals surface area contributed by atoms with Gasteiger partial charge in [0.1, 0.15) is 11.2 Å². The van der Waals surface area contributed by atoms with Crippen LogP contribution in [0, 0.1) is 0 Å². The van der Waals surface area contributed by atoms with E-state index in [9.17, 15) is 0 Å². The van der Waals surface area contributed by atoms with Crippen molar-refractivity contribution in [2.45, 2.75) is 0 Å². The highest BCUT2D eigenvalue weighted by molar-refractivity contribution is 6.22. The summed E-state index contributed by atoms with van der Waals surface area (Å²) in [6, 6.07) is 75.7. The van der Waals surface area contributed by atoms with Crippen LogP contribution in [0.2, 0.25) is 0 Å². The zero-order valence-electron chi connectivity index (χ0n) is 29.6. The van der Waals surface area contributed by atoms with Gasteiger partial charge in [0.2, 0.25) is 0 Å². The van der Waals surface area contributed by atoms with E-state index in [1.54, 1.807) is 0 Å². The summed E-state index contributed by atoms with van der Waals surface area (Å²) < 4.78 is 6.79. The molecule has 2 heteroatoms. The van der Waals surface area contributed by atoms with Gasteiger partial charge in [-0.3, -0.25) is 0 Å². The molecule has 0 atom stereocenters. The van der Waals surface area contributed by atoms with Gasteiger partial charge < -0.3 is 9.32 Å². The van der Waals surface area contributed by atoms with Crippen LogP contribution in [0.1, 0.15) is 0 Å². The van der Waals surface area contributed by atoms with Crippen LogP contribution < -0.4 is 4.90 Å². The topological polar surface area (TPSA) is 16.4 Å². The number of anilines is 3. The minimum absolute atomic E-state index is 0.877. The van der Waals surface area contributed by atoms with Crippen molar-refractivity contribution < 1.29 is 4.42 Å². The number of benzene rings is 9. The number of hydrogen-bond acceptors (Lipinski definition) is 2. The number of fused-ring (bicyclic) bond motifs is 5. The Bertz CT molecular complexity index is 2910. The van der Waals surface area contributed by atoms with E-state index >= 15 is 0 Å². The van der Waals surface area contributed by atoms with Crippen molar-refractivity contribution in [3.05, 3.63) is 212 Å². The first-order valence-electron chi connectivity index (χ1n) is 18.4. The average molecular weight is 690 g/mol. The molecule has 0 bridgehead atoms. The van der Waals surface area contributed by atoms with Crippen molar-refractivity contribution in [2.24, 2.45) is 0 Å². The van der Waals surface area contributed by atoms with Crippen LogP contribution in [0.25, 0.3) is 77.2 Å². The molecule has 54 heavy (non-hydrogen) atoms. The van der Waals surface area contributed by atoms with Gasteiger partial charge in [0.25, 0.3) is 0 Å². The zero-order chi connectivity index (χ0) is 35.8. The zero-order valence-corrected chi connectivity index (χ0v) is 29.6. The molecule has 1 heterocycles. The monoisotopic (exact) mass is 689 g/mol. The van der Waals surface area contributed by atoms with Crippen LogP contribution in [0.3, 0.4) is 0 Å². The molecule has 10 rings (SSSR count). The second-order valence-electron chi connectivity index (χ2n) is 13.7. The maximum Gasteiger partial charge on any atom is 0.143 e. The molecule has 2 nitrogen and oxygen atoms in total. The lowest BCUT2D eigenvalue weighted by Gasteiger charge is -2.27. The minimum atomic E-state index is 0.877. The molecule has 10 aromatic rings. The van der Waals surface area contributed by atoms with Gasteiger partial charge in [0.05, 0.1) is 5.69 Å². The van der Waals surface area contributed by atoms with Gasteiger partial charge >= 0.3 is 0 Å². The molecule has 0 aliphatic rings. The van der Waals surface area contributed by atoms with E-state index < -0.39 is 0 Å². The Hall–Kier alpha value is -7.16. The average Bonchev–Trinajstić information content (AvgIpc) is 3.64. The van der Waals surface area contributed by atoms with E-state index in [0.717, 1.165) is 66.5 Å². The largest absolute Gasteiger partial charge is 0.455 e. The predicted octanol–water partition coefficient (Wildman–Crippen LogP) is 14.9. The Morgan fingerprint density at radius 2 is 0.815 bits per heavy atom. The van der Waals surface area contributed by atoms with Gasteiger partial charge in [-0.2, -0.15) is 0 Å². The molecule has 0 unspecified atom stereocenters. The van der Waals surface area contributed by atoms with E-state index in [1.807, 2.05) is 0 Å². The summed E-state index contributed by atoms with van der Waals surface area (Å²) in [6.07, 6.45) is 0. The molecule has 0 radical (unpaired) electrons. The Balaban J connectivity index is 1.17. The number of rotatable bonds is 7. The summed E-state index contributed by atoms with van der Waals surface area (Å²) in [4.78, 5) is 2.39. The van der Waals surface area contributed by atoms with Crippen LogP contribution >= 0.6 is 0 Å². The van der Waals surface area contributed by atoms with Crippen molar-refractivity contribution in [2.75, 3.05) is 4.90 Å². The summed E-state index contributed by atoms with van der Waals surface area (Å²) in [5, 5.41) is 4.41. The minimum Gasteiger partial charge on any atom is -0.455 e. The standard InChI is InChI=1S/C52H35NO/c1-4-15-36(16-5-1)38-29-31-39(32-30-38)41-20-13-24-44(34-41)53(43-22-8-3-9-23-43)49-35-48-51-45(42-21-12-19-40(33-42)37-17-6-2-7-18-37)27-14-28-50(51)54-52(48)47-26-11-10-25-46(47)49/h1-35H. The van der Waals surface area contributed by atoms with E-state index in [4.69, 9.17) is 4.42 Å². The molecule has 0 spiro atoms. The highest BCUT2D eigenvalue weighted by Crippen LogP contribution is 2.47. The van der Waals surface area contributed by atoms with Gasteiger partial charge in [-0.15, -0.1) is 0 Å². The summed E-state index contributed by atoms with van der Waals surface area (Å²) in [5.41, 5.74) is 14.5. The maximum absolute atomic E-state index is 6.79. The fourth-order valence-electron chi connectivity index (χ4n) is 7.87. The third-order valence-corrected chi connectivity index (χ3v) is 10.4. The molecule has 1 aromatic heterocycles. The summed E-state index contributed by atoms with van der Waals surface area (Å²) >= 11 is 0. The first kappa shape index (κ1) is 31.6. The summed E-state index contributed by atoms with van der Waals surface area (Å²) in [6.45, 7) is 0. The Labute approximate surface area is 314 Å². The first-order valence-corrected chi connectivity index (χ1v) is 18.4. The Morgan fingerprint density at radius 1 is 0.315 bits per heavy atom. The molecular formula is C52H35NO. The van der Waals surface area contributed by atoms with Gasteiger partial charge in [0, 0.05) is 32.9 Å². The molecule has 0 aliphatic heterocycles. The third kappa shape index (κ3) is 5.62. The second-order valence-corrected chi connectivity index (χ2v) is 13.7. The van der Waals surface area contributed by atoms with E-state index in [2.05, 4.69) is 217 Å². The molecule has 9 aromatic carbocycles. The molecule has 0 fully saturated rings. The summed E-state index contributed by atoms with van der Waals surface area (Å²) in [7, 11) is 0. The maximum atomic E-state index is 6.79. The lowest BCUT2D eigenvalue weighted by atomic mass is 9.94. The highest BCUT2D eigenvalue weighted by atomic mass is 16.3. The van der Waals surface area contributed by atoms with Gasteiger partial charge in [-0.25, -0.2) is 0 Å². The van der Waals surface area contributed by atoms with E-state index in [1.165, 1.54) is 27.8 Å². The second kappa shape index (κ2) is 13.4. The quantitative estimate of drug-likeness (QED) is 0.166. The highest BCUT2D eigenvalue weighted by Gasteiger charge is 2.22. The fraction of sp³-hybridized carbons (Fsp3) is 0. The van der Waals surface area contributed by atoms with Crippen LogP contribution in [-0.2, 0) is 0 Å². The van der Waals surface area contributed by atoms with E-state index in [-0.39, 0.29) is 0 Å². The lowest BCUT2D eigenvalue weighted by Crippen LogP contribution is -2.10. The Morgan fingerprint density at radius 3 is 1.54 bits per heavy atom. The van der Waals surface area contributed by atoms with Gasteiger partial charge in [0.15, 0.2) is 0 Å². The molecule has 0 saturated carbocycles. The smallest absolute Gasteiger partial charge is 0.143 e. The number of furan rings is 1. The van der Waals surface area contributed by atoms with Crippen molar-refractivity contribution in [1.82, 2.24) is 0 Å². The molecular weight excluding hydrogens is 655 g/mol. The van der Waals surface area contributed by atoms with Crippen LogP contribution in [0.5, 0.6) is 0 Å². The normalized spacial score (nSPS) is 11.3. The predicted molar refractivity (Wildman–Crippen MR) is 228 cm³/mol. The third-order valence-electron chi connectivity index (χ3n) is 10.4. The summed E-state index contributed by atoms with van der Waals surface area (Å²) in [5.74, 6) is 0. The SMILES string of the molecule is c1ccc(-c2ccc(-c3cccc(N(c4ccccc4)c4cc5c(oc6cccc(-c7cccc(-c8ccccc8)c7)c65)c5ccccc45)c3)cc2)cc1. The molecule has 0 aliphatic carbocycles. The van der Waals surface area contributed by atoms with Crippen LogP contribution in [-0.4, -0.2) is 0 Å². The van der Waals surface area contributed by atoms with Crippen molar-refractivity contribution >= 4 is 49.8 Å². The number of hydrogen-bond donors (Lipinski definition) is 0. The lowest BCUT2D eigenvalue weighted by molar-refractivity contribution is 0.673.